The maximum Gasteiger partial charge on any atom is 0.254 e. The molecule has 10 heteroatoms. The molecule has 18 heavy (non-hydrogen) atoms. The predicted octanol–water partition coefficient (Wildman–Crippen LogP) is -0.547. The minimum Gasteiger partial charge on any atom is -0.375 e. The highest BCUT2D eigenvalue weighted by molar-refractivity contribution is 7.92. The first-order chi connectivity index (χ1) is 8.22. The molecule has 102 valence electrons. The highest BCUT2D eigenvalue weighted by Gasteiger charge is 2.33. The molecule has 2 N–H and O–H groups in total. The number of thiazole rings is 1. The number of anilines is 1. The molecule has 0 aliphatic carbocycles. The fourth-order valence-corrected chi connectivity index (χ4v) is 6.00. The van der Waals surface area contributed by atoms with Crippen molar-refractivity contribution in [2.75, 3.05) is 30.3 Å². The number of nitrogen functional groups attached to an aromatic ring is 1. The van der Waals surface area contributed by atoms with Crippen molar-refractivity contribution >= 4 is 36.3 Å². The zero-order valence-electron chi connectivity index (χ0n) is 9.66. The van der Waals surface area contributed by atoms with Gasteiger partial charge in [-0.15, -0.1) is 0 Å². The van der Waals surface area contributed by atoms with Crippen LogP contribution >= 0.6 is 11.3 Å². The molecule has 0 unspecified atom stereocenters. The lowest BCUT2D eigenvalue weighted by molar-refractivity contribution is 0.431. The number of rotatable bonds is 2. The van der Waals surface area contributed by atoms with Gasteiger partial charge in [0, 0.05) is 13.1 Å². The van der Waals surface area contributed by atoms with Crippen LogP contribution in [0.4, 0.5) is 5.13 Å². The third-order valence-electron chi connectivity index (χ3n) is 2.65. The van der Waals surface area contributed by atoms with Crippen molar-refractivity contribution in [1.29, 1.82) is 0 Å². The zero-order valence-corrected chi connectivity index (χ0v) is 12.1. The van der Waals surface area contributed by atoms with Gasteiger partial charge in [0.2, 0.25) is 0 Å². The Morgan fingerprint density at radius 1 is 1.33 bits per heavy atom. The zero-order chi connectivity index (χ0) is 13.6. The molecule has 1 aromatic rings. The first-order valence-electron chi connectivity index (χ1n) is 5.16. The Morgan fingerprint density at radius 3 is 2.33 bits per heavy atom. The van der Waals surface area contributed by atoms with Gasteiger partial charge < -0.3 is 5.73 Å². The summed E-state index contributed by atoms with van der Waals surface area (Å²) in [7, 11) is -6.78. The summed E-state index contributed by atoms with van der Waals surface area (Å²) in [6.45, 7) is 1.55. The average Bonchev–Trinajstić information content (AvgIpc) is 2.58. The molecule has 2 heterocycles. The number of sulfonamides is 1. The van der Waals surface area contributed by atoms with E-state index in [4.69, 9.17) is 5.73 Å². The minimum absolute atomic E-state index is 0.0120. The van der Waals surface area contributed by atoms with Gasteiger partial charge in [-0.25, -0.2) is 21.8 Å². The third-order valence-corrected chi connectivity index (χ3v) is 7.73. The van der Waals surface area contributed by atoms with Gasteiger partial charge in [0.05, 0.1) is 17.2 Å². The number of nitrogens with two attached hydrogens (primary N) is 1. The quantitative estimate of drug-likeness (QED) is 0.785. The fraction of sp³-hybridized carbons (Fsp3) is 0.625. The molecule has 0 aromatic carbocycles. The van der Waals surface area contributed by atoms with E-state index in [0.29, 0.717) is 5.69 Å². The third kappa shape index (κ3) is 2.51. The second kappa shape index (κ2) is 4.44. The van der Waals surface area contributed by atoms with Gasteiger partial charge in [-0.05, 0) is 6.92 Å². The lowest BCUT2D eigenvalue weighted by Gasteiger charge is -2.25. The minimum atomic E-state index is -3.68. The summed E-state index contributed by atoms with van der Waals surface area (Å²) in [6, 6.07) is 0. The number of aryl methyl sites for hydroxylation is 1. The van der Waals surface area contributed by atoms with Gasteiger partial charge >= 0.3 is 0 Å². The van der Waals surface area contributed by atoms with Crippen LogP contribution in [0.2, 0.25) is 0 Å². The van der Waals surface area contributed by atoms with E-state index >= 15 is 0 Å². The number of hydrogen-bond acceptors (Lipinski definition) is 7. The Kier molecular flexibility index (Phi) is 3.38. The summed E-state index contributed by atoms with van der Waals surface area (Å²) in [5.41, 5.74) is 5.83. The molecule has 1 fully saturated rings. The topological polar surface area (TPSA) is 110 Å². The van der Waals surface area contributed by atoms with E-state index in [1.807, 2.05) is 0 Å². The standard InChI is InChI=1S/C8H13N3O4S3/c1-6-7(16-8(9)10-6)18(14,15)11-2-4-17(12,13)5-3-11/h2-5H2,1H3,(H2,9,10). The molecule has 2 rings (SSSR count). The van der Waals surface area contributed by atoms with Gasteiger partial charge in [-0.2, -0.15) is 4.31 Å². The lowest BCUT2D eigenvalue weighted by Crippen LogP contribution is -2.43. The second-order valence-corrected chi connectivity index (χ2v) is 9.45. The van der Waals surface area contributed by atoms with E-state index in [9.17, 15) is 16.8 Å². The Hall–Kier alpha value is -0.710. The van der Waals surface area contributed by atoms with Crippen LogP contribution in [0.25, 0.3) is 0 Å². The molecule has 0 saturated carbocycles. The summed E-state index contributed by atoms with van der Waals surface area (Å²) in [6.07, 6.45) is 0. The van der Waals surface area contributed by atoms with E-state index < -0.39 is 19.9 Å². The largest absolute Gasteiger partial charge is 0.375 e. The number of aromatic nitrogens is 1. The van der Waals surface area contributed by atoms with E-state index in [1.165, 1.54) is 4.31 Å². The van der Waals surface area contributed by atoms with Gasteiger partial charge in [-0.3, -0.25) is 0 Å². The Bertz CT molecular complexity index is 648. The van der Waals surface area contributed by atoms with Gasteiger partial charge in [0.15, 0.2) is 19.2 Å². The van der Waals surface area contributed by atoms with E-state index in [-0.39, 0.29) is 33.9 Å². The molecular weight excluding hydrogens is 298 g/mol. The monoisotopic (exact) mass is 311 g/mol. The van der Waals surface area contributed by atoms with E-state index in [0.717, 1.165) is 11.3 Å². The first kappa shape index (κ1) is 13.7. The molecule has 1 aliphatic rings. The fourth-order valence-electron chi connectivity index (χ4n) is 1.70. The average molecular weight is 311 g/mol. The SMILES string of the molecule is Cc1nc(N)sc1S(=O)(=O)N1CCS(=O)(=O)CC1. The van der Waals surface area contributed by atoms with Crippen LogP contribution in [0, 0.1) is 6.92 Å². The van der Waals surface area contributed by atoms with Crippen molar-refractivity contribution in [1.82, 2.24) is 9.29 Å². The summed E-state index contributed by atoms with van der Waals surface area (Å²) in [4.78, 5) is 3.87. The van der Waals surface area contributed by atoms with Crippen molar-refractivity contribution < 1.29 is 16.8 Å². The van der Waals surface area contributed by atoms with Gasteiger partial charge in [0.25, 0.3) is 10.0 Å². The maximum absolute atomic E-state index is 12.3. The summed E-state index contributed by atoms with van der Waals surface area (Å²) < 4.78 is 48.4. The molecule has 1 aromatic heterocycles. The van der Waals surface area contributed by atoms with Crippen molar-refractivity contribution in [3.05, 3.63) is 5.69 Å². The van der Waals surface area contributed by atoms with E-state index in [1.54, 1.807) is 6.92 Å². The molecule has 1 aliphatic heterocycles. The normalized spacial score (nSPS) is 20.9. The molecular formula is C8H13N3O4S3. The highest BCUT2D eigenvalue weighted by atomic mass is 32.2. The van der Waals surface area contributed by atoms with Crippen molar-refractivity contribution in [3.63, 3.8) is 0 Å². The smallest absolute Gasteiger partial charge is 0.254 e. The first-order valence-corrected chi connectivity index (χ1v) is 9.24. The molecule has 0 bridgehead atoms. The highest BCUT2D eigenvalue weighted by Crippen LogP contribution is 2.28. The van der Waals surface area contributed by atoms with Gasteiger partial charge in [-0.1, -0.05) is 11.3 Å². The number of nitrogens with zero attached hydrogens (tertiary/aromatic N) is 2. The van der Waals surface area contributed by atoms with Crippen molar-refractivity contribution in [3.8, 4) is 0 Å². The number of hydrogen-bond donors (Lipinski definition) is 1. The van der Waals surface area contributed by atoms with Crippen LogP contribution in [0.5, 0.6) is 0 Å². The van der Waals surface area contributed by atoms with E-state index in [2.05, 4.69) is 4.98 Å². The second-order valence-electron chi connectivity index (χ2n) is 3.98. The lowest BCUT2D eigenvalue weighted by atomic mass is 10.6. The van der Waals surface area contributed by atoms with Crippen molar-refractivity contribution in [2.45, 2.75) is 11.1 Å². The van der Waals surface area contributed by atoms with Crippen LogP contribution in [0.15, 0.2) is 4.21 Å². The Morgan fingerprint density at radius 2 is 1.89 bits per heavy atom. The summed E-state index contributed by atoms with van der Waals surface area (Å²) in [5.74, 6) is -0.279. The molecule has 0 radical (unpaired) electrons. The Labute approximate surface area is 110 Å². The Balaban J connectivity index is 2.31. The predicted molar refractivity (Wildman–Crippen MR) is 68.7 cm³/mol. The molecule has 7 nitrogen and oxygen atoms in total. The summed E-state index contributed by atoms with van der Waals surface area (Å²) >= 11 is 0.902. The van der Waals surface area contributed by atoms with Crippen LogP contribution < -0.4 is 5.73 Å². The molecule has 0 atom stereocenters. The summed E-state index contributed by atoms with van der Waals surface area (Å²) in [5, 5.41) is 0.190. The van der Waals surface area contributed by atoms with Crippen LogP contribution in [-0.4, -0.2) is 50.7 Å². The van der Waals surface area contributed by atoms with Gasteiger partial charge in [0.1, 0.15) is 0 Å². The van der Waals surface area contributed by atoms with Crippen molar-refractivity contribution in [2.24, 2.45) is 0 Å². The molecule has 0 spiro atoms. The number of sulfone groups is 1. The maximum atomic E-state index is 12.3. The molecule has 1 saturated heterocycles. The molecule has 0 amide bonds. The van der Waals surface area contributed by atoms with Crippen LogP contribution in [0.1, 0.15) is 5.69 Å². The van der Waals surface area contributed by atoms with Crippen LogP contribution in [0.3, 0.4) is 0 Å². The van der Waals surface area contributed by atoms with Crippen LogP contribution in [-0.2, 0) is 19.9 Å².